The van der Waals surface area contributed by atoms with Crippen LogP contribution in [0, 0.1) is 0 Å². The van der Waals surface area contributed by atoms with Crippen molar-refractivity contribution in [3.63, 3.8) is 0 Å². The zero-order valence-corrected chi connectivity index (χ0v) is 21.5. The fourth-order valence-electron chi connectivity index (χ4n) is 4.38. The number of ether oxygens (including phenoxy) is 2. The molecule has 186 valence electrons. The predicted molar refractivity (Wildman–Crippen MR) is 144 cm³/mol. The number of carbonyl (C=O) groups excluding carboxylic acids is 1. The number of aromatic nitrogens is 2. The molecule has 4 aromatic rings. The third-order valence-electron chi connectivity index (χ3n) is 6.33. The van der Waals surface area contributed by atoms with Gasteiger partial charge in [-0.1, -0.05) is 24.3 Å². The standard InChI is InChI=1S/C29H32N4O3/c1-6-33(7-2)28-24-16-22(11-13-25(24)30-19-31-28)21-10-8-9-20(15-21)18-32(3)29(34)23-12-14-26(35-4)27(17-23)36-5/h8-17,19H,6-7,18H2,1-5H3. The Bertz CT molecular complexity index is 1370. The van der Waals surface area contributed by atoms with Gasteiger partial charge in [0.05, 0.1) is 19.7 Å². The van der Waals surface area contributed by atoms with Crippen LogP contribution in [-0.4, -0.2) is 55.1 Å². The highest BCUT2D eigenvalue weighted by Gasteiger charge is 2.16. The van der Waals surface area contributed by atoms with Gasteiger partial charge < -0.3 is 19.3 Å². The van der Waals surface area contributed by atoms with E-state index in [4.69, 9.17) is 9.47 Å². The minimum absolute atomic E-state index is 0.0897. The highest BCUT2D eigenvalue weighted by atomic mass is 16.5. The summed E-state index contributed by atoms with van der Waals surface area (Å²) in [6.07, 6.45) is 1.63. The van der Waals surface area contributed by atoms with Crippen molar-refractivity contribution in [3.8, 4) is 22.6 Å². The summed E-state index contributed by atoms with van der Waals surface area (Å²) in [5.41, 5.74) is 4.67. The van der Waals surface area contributed by atoms with E-state index in [-0.39, 0.29) is 5.91 Å². The van der Waals surface area contributed by atoms with Crippen molar-refractivity contribution in [2.45, 2.75) is 20.4 Å². The van der Waals surface area contributed by atoms with E-state index in [1.54, 1.807) is 50.7 Å². The van der Waals surface area contributed by atoms with Gasteiger partial charge in [0.15, 0.2) is 11.5 Å². The van der Waals surface area contributed by atoms with Crippen LogP contribution >= 0.6 is 0 Å². The van der Waals surface area contributed by atoms with Crippen molar-refractivity contribution >= 4 is 22.6 Å². The second-order valence-electron chi connectivity index (χ2n) is 8.53. The largest absolute Gasteiger partial charge is 0.493 e. The molecular weight excluding hydrogens is 452 g/mol. The fourth-order valence-corrected chi connectivity index (χ4v) is 4.38. The van der Waals surface area contributed by atoms with E-state index in [1.807, 2.05) is 18.2 Å². The van der Waals surface area contributed by atoms with Crippen LogP contribution in [0.15, 0.2) is 67.0 Å². The minimum atomic E-state index is -0.0897. The van der Waals surface area contributed by atoms with E-state index in [2.05, 4.69) is 53.0 Å². The lowest BCUT2D eigenvalue weighted by Gasteiger charge is -2.21. The van der Waals surface area contributed by atoms with Gasteiger partial charge in [-0.15, -0.1) is 0 Å². The topological polar surface area (TPSA) is 67.8 Å². The van der Waals surface area contributed by atoms with Crippen LogP contribution < -0.4 is 14.4 Å². The normalized spacial score (nSPS) is 10.8. The molecule has 0 aliphatic carbocycles. The van der Waals surface area contributed by atoms with Gasteiger partial charge in [0.1, 0.15) is 12.1 Å². The zero-order valence-electron chi connectivity index (χ0n) is 21.5. The number of methoxy groups -OCH3 is 2. The monoisotopic (exact) mass is 484 g/mol. The molecule has 3 aromatic carbocycles. The first-order valence-electron chi connectivity index (χ1n) is 12.1. The number of amides is 1. The van der Waals surface area contributed by atoms with Crippen molar-refractivity contribution < 1.29 is 14.3 Å². The van der Waals surface area contributed by atoms with Crippen LogP contribution in [0.3, 0.4) is 0 Å². The number of fused-ring (bicyclic) bond motifs is 1. The van der Waals surface area contributed by atoms with Gasteiger partial charge in [-0.05, 0) is 66.9 Å². The number of nitrogens with zero attached hydrogens (tertiary/aromatic N) is 4. The molecule has 0 radical (unpaired) electrons. The van der Waals surface area contributed by atoms with Gasteiger partial charge >= 0.3 is 0 Å². The second kappa shape index (κ2) is 11.1. The molecule has 0 fully saturated rings. The van der Waals surface area contributed by atoms with E-state index in [0.717, 1.165) is 46.5 Å². The molecule has 0 spiro atoms. The summed E-state index contributed by atoms with van der Waals surface area (Å²) in [5.74, 6) is 1.98. The molecule has 36 heavy (non-hydrogen) atoms. The Morgan fingerprint density at radius 1 is 0.861 bits per heavy atom. The number of carbonyl (C=O) groups is 1. The van der Waals surface area contributed by atoms with Crippen LogP contribution in [0.5, 0.6) is 11.5 Å². The first-order chi connectivity index (χ1) is 17.5. The van der Waals surface area contributed by atoms with Crippen LogP contribution in [0.25, 0.3) is 22.0 Å². The lowest BCUT2D eigenvalue weighted by Crippen LogP contribution is -2.26. The summed E-state index contributed by atoms with van der Waals surface area (Å²) in [4.78, 5) is 26.0. The highest BCUT2D eigenvalue weighted by molar-refractivity contribution is 5.95. The molecule has 0 bridgehead atoms. The van der Waals surface area contributed by atoms with Crippen molar-refractivity contribution in [2.75, 3.05) is 39.3 Å². The van der Waals surface area contributed by atoms with Gasteiger partial charge in [0.2, 0.25) is 0 Å². The second-order valence-corrected chi connectivity index (χ2v) is 8.53. The molecule has 1 amide bonds. The molecule has 0 aliphatic heterocycles. The van der Waals surface area contributed by atoms with Gasteiger partial charge in [-0.2, -0.15) is 0 Å². The molecule has 0 saturated carbocycles. The van der Waals surface area contributed by atoms with E-state index >= 15 is 0 Å². The quantitative estimate of drug-likeness (QED) is 0.315. The predicted octanol–water partition coefficient (Wildman–Crippen LogP) is 5.43. The van der Waals surface area contributed by atoms with Crippen molar-refractivity contribution in [1.29, 1.82) is 0 Å². The van der Waals surface area contributed by atoms with Gasteiger partial charge in [0.25, 0.3) is 5.91 Å². The summed E-state index contributed by atoms with van der Waals surface area (Å²) in [6.45, 7) is 6.49. The smallest absolute Gasteiger partial charge is 0.254 e. The zero-order chi connectivity index (χ0) is 25.7. The Kier molecular flexibility index (Phi) is 7.68. The molecule has 0 saturated heterocycles. The fraction of sp³-hybridized carbons (Fsp3) is 0.276. The molecule has 0 N–H and O–H groups in total. The molecule has 1 aromatic heterocycles. The van der Waals surface area contributed by atoms with Gasteiger partial charge in [-0.25, -0.2) is 9.97 Å². The molecule has 1 heterocycles. The maximum atomic E-state index is 13.1. The van der Waals surface area contributed by atoms with Crippen LogP contribution in [0.1, 0.15) is 29.8 Å². The number of hydrogen-bond donors (Lipinski definition) is 0. The SMILES string of the molecule is CCN(CC)c1ncnc2ccc(-c3cccc(CN(C)C(=O)c4ccc(OC)c(OC)c4)c3)cc12. The summed E-state index contributed by atoms with van der Waals surface area (Å²) < 4.78 is 10.6. The van der Waals surface area contributed by atoms with Crippen LogP contribution in [0.2, 0.25) is 0 Å². The van der Waals surface area contributed by atoms with Crippen LogP contribution in [0.4, 0.5) is 5.82 Å². The molecule has 0 aliphatic rings. The first kappa shape index (κ1) is 25.0. The van der Waals surface area contributed by atoms with Crippen molar-refractivity contribution in [3.05, 3.63) is 78.1 Å². The van der Waals surface area contributed by atoms with E-state index < -0.39 is 0 Å². The Morgan fingerprint density at radius 3 is 2.33 bits per heavy atom. The van der Waals surface area contributed by atoms with E-state index in [9.17, 15) is 4.79 Å². The molecule has 0 atom stereocenters. The van der Waals surface area contributed by atoms with E-state index in [1.165, 1.54) is 0 Å². The molecular formula is C29H32N4O3. The van der Waals surface area contributed by atoms with Crippen molar-refractivity contribution in [1.82, 2.24) is 14.9 Å². The maximum absolute atomic E-state index is 13.1. The summed E-state index contributed by atoms with van der Waals surface area (Å²) in [7, 11) is 4.94. The Balaban J connectivity index is 1.59. The average molecular weight is 485 g/mol. The Hall–Kier alpha value is -4.13. The van der Waals surface area contributed by atoms with Crippen molar-refractivity contribution in [2.24, 2.45) is 0 Å². The lowest BCUT2D eigenvalue weighted by molar-refractivity contribution is 0.0784. The third kappa shape index (κ3) is 5.10. The van der Waals surface area contributed by atoms with Gasteiger partial charge in [-0.3, -0.25) is 4.79 Å². The Labute approximate surface area is 212 Å². The first-order valence-corrected chi connectivity index (χ1v) is 12.1. The molecule has 0 unspecified atom stereocenters. The van der Waals surface area contributed by atoms with Crippen LogP contribution in [-0.2, 0) is 6.54 Å². The number of hydrogen-bond acceptors (Lipinski definition) is 6. The minimum Gasteiger partial charge on any atom is -0.493 e. The number of anilines is 1. The van der Waals surface area contributed by atoms with E-state index in [0.29, 0.717) is 23.6 Å². The summed E-state index contributed by atoms with van der Waals surface area (Å²) in [6, 6.07) is 19.8. The Morgan fingerprint density at radius 2 is 1.61 bits per heavy atom. The van der Waals surface area contributed by atoms with Gasteiger partial charge in [0, 0.05) is 37.6 Å². The maximum Gasteiger partial charge on any atom is 0.254 e. The molecule has 7 nitrogen and oxygen atoms in total. The lowest BCUT2D eigenvalue weighted by atomic mass is 10.0. The summed E-state index contributed by atoms with van der Waals surface area (Å²) in [5, 5.41) is 1.03. The third-order valence-corrected chi connectivity index (χ3v) is 6.33. The average Bonchev–Trinajstić information content (AvgIpc) is 2.92. The number of rotatable bonds is 9. The molecule has 4 rings (SSSR count). The number of benzene rings is 3. The molecule has 7 heteroatoms. The highest BCUT2D eigenvalue weighted by Crippen LogP contribution is 2.30. The summed E-state index contributed by atoms with van der Waals surface area (Å²) >= 11 is 0.